The van der Waals surface area contributed by atoms with Gasteiger partial charge in [-0.1, -0.05) is 43.3 Å². The fraction of sp³-hybridized carbons (Fsp3) is 0.429. The summed E-state index contributed by atoms with van der Waals surface area (Å²) in [4.78, 5) is 38.9. The van der Waals surface area contributed by atoms with Gasteiger partial charge in [-0.15, -0.1) is 0 Å². The van der Waals surface area contributed by atoms with Gasteiger partial charge in [-0.05, 0) is 63.5 Å². The number of piperidine rings is 1. The zero-order valence-electron chi connectivity index (χ0n) is 21.2. The number of amidine groups is 1. The van der Waals surface area contributed by atoms with E-state index in [-0.39, 0.29) is 24.0 Å². The number of amides is 2. The fourth-order valence-corrected chi connectivity index (χ4v) is 5.10. The van der Waals surface area contributed by atoms with Crippen LogP contribution >= 0.6 is 0 Å². The molecule has 1 aromatic carbocycles. The second kappa shape index (κ2) is 12.1. The summed E-state index contributed by atoms with van der Waals surface area (Å²) in [5, 5.41) is 3.07. The molecule has 8 heteroatoms. The maximum Gasteiger partial charge on any atom is 0.251 e. The first-order valence-electron chi connectivity index (χ1n) is 12.8. The Labute approximate surface area is 215 Å². The highest BCUT2D eigenvalue weighted by Crippen LogP contribution is 2.35. The van der Waals surface area contributed by atoms with Gasteiger partial charge >= 0.3 is 0 Å². The molecule has 2 aliphatic rings. The molecule has 1 aromatic heterocycles. The Bertz CT molecular complexity index is 1110. The molecule has 1 atom stereocenters. The van der Waals surface area contributed by atoms with Gasteiger partial charge < -0.3 is 10.2 Å². The molecular weight excluding hydrogens is 449 g/mol. The Hall–Kier alpha value is -3.26. The number of aromatic nitrogens is 1. The minimum atomic E-state index is -0.596. The van der Waals surface area contributed by atoms with E-state index in [4.69, 9.17) is 7.85 Å². The van der Waals surface area contributed by atoms with Crippen LogP contribution in [0.4, 0.5) is 0 Å². The Morgan fingerprint density at radius 3 is 2.47 bits per heavy atom. The molecule has 1 fully saturated rings. The molecule has 1 N–H and O–H groups in total. The van der Waals surface area contributed by atoms with Crippen molar-refractivity contribution in [3.8, 4) is 0 Å². The largest absolute Gasteiger partial charge is 0.352 e. The molecule has 1 saturated heterocycles. The van der Waals surface area contributed by atoms with Gasteiger partial charge in [0.25, 0.3) is 5.91 Å². The highest BCUT2D eigenvalue weighted by atomic mass is 16.2. The highest BCUT2D eigenvalue weighted by Gasteiger charge is 2.36. The Morgan fingerprint density at radius 2 is 1.81 bits per heavy atom. The van der Waals surface area contributed by atoms with Gasteiger partial charge in [-0.3, -0.25) is 24.5 Å². The lowest BCUT2D eigenvalue weighted by molar-refractivity contribution is -0.128. The Kier molecular flexibility index (Phi) is 8.70. The number of carbonyl (C=O) groups excluding carboxylic acids is 2. The number of hydrogen-bond acceptors (Lipinski definition) is 5. The molecule has 0 saturated carbocycles. The van der Waals surface area contributed by atoms with Crippen molar-refractivity contribution >= 4 is 25.4 Å². The van der Waals surface area contributed by atoms with E-state index in [1.807, 2.05) is 42.6 Å². The third-order valence-electron chi connectivity index (χ3n) is 7.01. The van der Waals surface area contributed by atoms with E-state index in [9.17, 15) is 9.59 Å². The van der Waals surface area contributed by atoms with Crippen LogP contribution in [0.15, 0.2) is 71.0 Å². The fourth-order valence-electron chi connectivity index (χ4n) is 5.10. The molecule has 7 nitrogen and oxygen atoms in total. The van der Waals surface area contributed by atoms with E-state index in [0.717, 1.165) is 44.5 Å². The standard InChI is InChI=1S/C28H34BN5O2/c1-3-24(35)34-26(22-10-5-4-6-11-22)25(20(2)32-28(34)29)27(36)31-16-9-17-33-18-13-21(14-19-33)23-12-7-8-15-30-23/h4-8,10-12,15,21,26H,3,9,13-14,16-19H2,1-2H3,(H,31,36). The number of hydrogen-bond donors (Lipinski definition) is 1. The summed E-state index contributed by atoms with van der Waals surface area (Å²) in [6.07, 6.45) is 5.20. The van der Waals surface area contributed by atoms with E-state index in [1.165, 1.54) is 10.6 Å². The van der Waals surface area contributed by atoms with Crippen molar-refractivity contribution in [2.24, 2.45) is 4.99 Å². The second-order valence-corrected chi connectivity index (χ2v) is 9.38. The van der Waals surface area contributed by atoms with Crippen LogP contribution in [0.2, 0.25) is 0 Å². The van der Waals surface area contributed by atoms with Crippen LogP contribution in [0, 0.1) is 0 Å². The minimum Gasteiger partial charge on any atom is -0.352 e. The van der Waals surface area contributed by atoms with E-state index in [0.29, 0.717) is 23.7 Å². The number of likely N-dealkylation sites (tertiary alicyclic amines) is 1. The smallest absolute Gasteiger partial charge is 0.251 e. The van der Waals surface area contributed by atoms with E-state index in [2.05, 4.69) is 32.3 Å². The molecule has 2 aliphatic heterocycles. The van der Waals surface area contributed by atoms with Gasteiger partial charge in [0.05, 0.1) is 17.3 Å². The molecule has 0 bridgehead atoms. The third-order valence-corrected chi connectivity index (χ3v) is 7.01. The van der Waals surface area contributed by atoms with Crippen LogP contribution in [-0.4, -0.2) is 66.4 Å². The monoisotopic (exact) mass is 483 g/mol. The number of pyridine rings is 1. The van der Waals surface area contributed by atoms with Crippen molar-refractivity contribution in [1.82, 2.24) is 20.1 Å². The molecular formula is C28H34BN5O2. The highest BCUT2D eigenvalue weighted by molar-refractivity contribution is 6.60. The number of aliphatic imine (C=N–C) groups is 1. The van der Waals surface area contributed by atoms with Crippen LogP contribution in [0.1, 0.15) is 62.7 Å². The first-order valence-corrected chi connectivity index (χ1v) is 12.8. The first-order chi connectivity index (χ1) is 17.5. The van der Waals surface area contributed by atoms with Crippen LogP contribution in [0.5, 0.6) is 0 Å². The molecule has 2 radical (unpaired) electrons. The van der Waals surface area contributed by atoms with Gasteiger partial charge in [-0.2, -0.15) is 0 Å². The molecule has 2 aromatic rings. The molecule has 0 aliphatic carbocycles. The summed E-state index contributed by atoms with van der Waals surface area (Å²) in [6.45, 7) is 7.12. The van der Waals surface area contributed by atoms with Gasteiger partial charge in [0.1, 0.15) is 0 Å². The average molecular weight is 483 g/mol. The van der Waals surface area contributed by atoms with Crippen LogP contribution in [0.25, 0.3) is 0 Å². The third kappa shape index (κ3) is 5.93. The number of carbonyl (C=O) groups is 2. The SMILES string of the molecule is [B]C1=NC(C)=C(C(=O)NCCCN2CCC(c3ccccn3)CC2)C(c2ccccc2)N1C(=O)CC. The summed E-state index contributed by atoms with van der Waals surface area (Å²) in [5.74, 6) is 0.150. The lowest BCUT2D eigenvalue weighted by Gasteiger charge is -2.37. The topological polar surface area (TPSA) is 77.9 Å². The molecule has 1 unspecified atom stereocenters. The van der Waals surface area contributed by atoms with Crippen molar-refractivity contribution in [2.45, 2.75) is 51.5 Å². The number of nitrogens with zero attached hydrogens (tertiary/aromatic N) is 4. The van der Waals surface area contributed by atoms with Gasteiger partial charge in [0.15, 0.2) is 7.85 Å². The second-order valence-electron chi connectivity index (χ2n) is 9.38. The van der Waals surface area contributed by atoms with Crippen LogP contribution in [-0.2, 0) is 9.59 Å². The van der Waals surface area contributed by atoms with Crippen molar-refractivity contribution < 1.29 is 9.59 Å². The lowest BCUT2D eigenvalue weighted by Crippen LogP contribution is -2.46. The summed E-state index contributed by atoms with van der Waals surface area (Å²) in [7, 11) is 6.17. The zero-order chi connectivity index (χ0) is 25.5. The Balaban J connectivity index is 1.35. The van der Waals surface area contributed by atoms with Crippen molar-refractivity contribution in [3.63, 3.8) is 0 Å². The average Bonchev–Trinajstić information content (AvgIpc) is 2.91. The van der Waals surface area contributed by atoms with Gasteiger partial charge in [0, 0.05) is 36.5 Å². The summed E-state index contributed by atoms with van der Waals surface area (Å²) in [6, 6.07) is 15.1. The summed E-state index contributed by atoms with van der Waals surface area (Å²) < 4.78 is 0. The van der Waals surface area contributed by atoms with Gasteiger partial charge in [-0.25, -0.2) is 0 Å². The molecule has 36 heavy (non-hydrogen) atoms. The van der Waals surface area contributed by atoms with Crippen LogP contribution < -0.4 is 5.32 Å². The summed E-state index contributed by atoms with van der Waals surface area (Å²) >= 11 is 0. The zero-order valence-corrected chi connectivity index (χ0v) is 21.2. The Morgan fingerprint density at radius 1 is 1.08 bits per heavy atom. The predicted octanol–water partition coefficient (Wildman–Crippen LogP) is 3.56. The normalized spacial score (nSPS) is 19.2. The maximum absolute atomic E-state index is 13.4. The molecule has 0 spiro atoms. The van der Waals surface area contributed by atoms with E-state index < -0.39 is 6.04 Å². The summed E-state index contributed by atoms with van der Waals surface area (Å²) in [5.41, 5.74) is 3.15. The molecule has 186 valence electrons. The molecule has 3 heterocycles. The van der Waals surface area contributed by atoms with Crippen molar-refractivity contribution in [1.29, 1.82) is 0 Å². The quantitative estimate of drug-likeness (QED) is 0.460. The minimum absolute atomic E-state index is 0.124. The lowest BCUT2D eigenvalue weighted by atomic mass is 9.89. The molecule has 2 amide bonds. The van der Waals surface area contributed by atoms with E-state index in [1.54, 1.807) is 13.8 Å². The number of rotatable bonds is 8. The number of nitrogens with one attached hydrogen (secondary N) is 1. The first kappa shape index (κ1) is 25.8. The molecule has 4 rings (SSSR count). The number of benzene rings is 1. The number of allylic oxidation sites excluding steroid dienone is 1. The van der Waals surface area contributed by atoms with Crippen LogP contribution in [0.3, 0.4) is 0 Å². The van der Waals surface area contributed by atoms with Crippen molar-refractivity contribution in [3.05, 3.63) is 77.3 Å². The maximum atomic E-state index is 13.4. The van der Waals surface area contributed by atoms with E-state index >= 15 is 0 Å². The van der Waals surface area contributed by atoms with Gasteiger partial charge in [0.2, 0.25) is 5.91 Å². The van der Waals surface area contributed by atoms with Crippen molar-refractivity contribution in [2.75, 3.05) is 26.2 Å². The predicted molar refractivity (Wildman–Crippen MR) is 142 cm³/mol.